The molecule has 11 heteroatoms. The van der Waals surface area contributed by atoms with Gasteiger partial charge in [0, 0.05) is 25.0 Å². The molecular formula is C21H28F4N4O3. The zero-order chi connectivity index (χ0) is 23.8. The molecule has 2 aliphatic rings. The molecule has 1 heterocycles. The molecule has 178 valence electrons. The summed E-state index contributed by atoms with van der Waals surface area (Å²) in [5, 5.41) is 5.17. The molecule has 0 radical (unpaired) electrons. The van der Waals surface area contributed by atoms with Crippen molar-refractivity contribution in [3.05, 3.63) is 23.5 Å². The van der Waals surface area contributed by atoms with Gasteiger partial charge in [-0.25, -0.2) is 22.4 Å². The first kappa shape index (κ1) is 23.9. The highest BCUT2D eigenvalue weighted by molar-refractivity contribution is 5.96. The number of nitrogens with zero attached hydrogens (tertiary/aromatic N) is 1. The Morgan fingerprint density at radius 1 is 1.25 bits per heavy atom. The molecule has 7 nitrogen and oxygen atoms in total. The minimum absolute atomic E-state index is 0.00675. The minimum atomic E-state index is -2.48. The third-order valence-electron chi connectivity index (χ3n) is 5.38. The maximum absolute atomic E-state index is 14.6. The van der Waals surface area contributed by atoms with Gasteiger partial charge in [0.15, 0.2) is 0 Å². The molecule has 1 aromatic rings. The normalized spacial score (nSPS) is 25.4. The second-order valence-corrected chi connectivity index (χ2v) is 9.22. The summed E-state index contributed by atoms with van der Waals surface area (Å²) in [5.41, 5.74) is 4.85. The Morgan fingerprint density at radius 3 is 2.53 bits per heavy atom. The number of carbonyl (C=O) groups excluding carboxylic acids is 2. The number of piperidine rings is 1. The van der Waals surface area contributed by atoms with Crippen molar-refractivity contribution in [2.75, 3.05) is 24.1 Å². The number of nitrogens with one attached hydrogen (secondary N) is 2. The standard InChI is InChI=1S/C21H28F4N4O3/c1-21(2,3)32-20(31)29-5-4-12(22)17(9-29)28-19(30)10-6-14(26)16(8-13(10)23)27-15-7-11(15)18(24)25/h6,8,11-12,15,17-18,27H,4-5,7,9,26H2,1-3H3,(H,28,30)/t11-,12+,15-,17+/m1/s1. The first-order valence-electron chi connectivity index (χ1n) is 10.4. The SMILES string of the molecule is CC(C)(C)OC(=O)N1CC[C@H](F)[C@@H](NC(=O)c2cc(N)c(N[C@@H]3C[C@H]3C(F)F)cc2F)C1. The van der Waals surface area contributed by atoms with Crippen molar-refractivity contribution in [3.63, 3.8) is 0 Å². The molecular weight excluding hydrogens is 432 g/mol. The van der Waals surface area contributed by atoms with Gasteiger partial charge >= 0.3 is 6.09 Å². The summed E-state index contributed by atoms with van der Waals surface area (Å²) in [7, 11) is 0. The molecule has 4 N–H and O–H groups in total. The second kappa shape index (κ2) is 9.03. The number of amides is 2. The monoisotopic (exact) mass is 460 g/mol. The number of hydrogen-bond donors (Lipinski definition) is 3. The molecule has 1 aliphatic heterocycles. The topological polar surface area (TPSA) is 96.7 Å². The van der Waals surface area contributed by atoms with Crippen LogP contribution in [-0.2, 0) is 4.74 Å². The van der Waals surface area contributed by atoms with E-state index in [-0.39, 0.29) is 37.3 Å². The first-order chi connectivity index (χ1) is 14.9. The van der Waals surface area contributed by atoms with Gasteiger partial charge < -0.3 is 26.0 Å². The van der Waals surface area contributed by atoms with Crippen LogP contribution in [0.25, 0.3) is 0 Å². The van der Waals surface area contributed by atoms with Crippen LogP contribution >= 0.6 is 0 Å². The van der Waals surface area contributed by atoms with Crippen molar-refractivity contribution in [2.45, 2.75) is 63.9 Å². The predicted octanol–water partition coefficient (Wildman–Crippen LogP) is 3.55. The Labute approximate surface area is 183 Å². The van der Waals surface area contributed by atoms with Gasteiger partial charge in [-0.2, -0.15) is 0 Å². The van der Waals surface area contributed by atoms with E-state index in [1.807, 2.05) is 0 Å². The van der Waals surface area contributed by atoms with Gasteiger partial charge in [-0.1, -0.05) is 0 Å². The van der Waals surface area contributed by atoms with Crippen LogP contribution in [0.1, 0.15) is 44.0 Å². The van der Waals surface area contributed by atoms with Gasteiger partial charge in [0.25, 0.3) is 5.91 Å². The quantitative estimate of drug-likeness (QED) is 0.461. The van der Waals surface area contributed by atoms with Crippen LogP contribution in [0.15, 0.2) is 12.1 Å². The number of carbonyl (C=O) groups is 2. The lowest BCUT2D eigenvalue weighted by Gasteiger charge is -2.36. The Hall–Kier alpha value is -2.72. The van der Waals surface area contributed by atoms with Gasteiger partial charge in [0.1, 0.15) is 17.6 Å². The maximum Gasteiger partial charge on any atom is 0.410 e. The van der Waals surface area contributed by atoms with Crippen molar-refractivity contribution in [1.29, 1.82) is 0 Å². The molecule has 1 aliphatic carbocycles. The van der Waals surface area contributed by atoms with E-state index < -0.39 is 59.6 Å². The fraction of sp³-hybridized carbons (Fsp3) is 0.619. The van der Waals surface area contributed by atoms with Crippen molar-refractivity contribution < 1.29 is 31.9 Å². The number of rotatable bonds is 5. The molecule has 0 aromatic heterocycles. The fourth-order valence-corrected chi connectivity index (χ4v) is 3.55. The number of hydrogen-bond acceptors (Lipinski definition) is 5. The molecule has 2 amide bonds. The van der Waals surface area contributed by atoms with E-state index in [0.717, 1.165) is 12.1 Å². The van der Waals surface area contributed by atoms with E-state index in [1.54, 1.807) is 20.8 Å². The number of halogens is 4. The number of alkyl halides is 3. The summed E-state index contributed by atoms with van der Waals surface area (Å²) < 4.78 is 59.6. The van der Waals surface area contributed by atoms with Gasteiger partial charge in [0.05, 0.1) is 23.0 Å². The number of benzene rings is 1. The molecule has 1 aromatic carbocycles. The lowest BCUT2D eigenvalue weighted by Crippen LogP contribution is -2.55. The Balaban J connectivity index is 1.65. The highest BCUT2D eigenvalue weighted by Crippen LogP contribution is 2.39. The van der Waals surface area contributed by atoms with Crippen LogP contribution in [0.2, 0.25) is 0 Å². The molecule has 0 bridgehead atoms. The van der Waals surface area contributed by atoms with Crippen molar-refractivity contribution in [2.24, 2.45) is 5.92 Å². The zero-order valence-electron chi connectivity index (χ0n) is 18.1. The van der Waals surface area contributed by atoms with E-state index in [9.17, 15) is 27.2 Å². The van der Waals surface area contributed by atoms with Gasteiger partial charge in [-0.15, -0.1) is 0 Å². The van der Waals surface area contributed by atoms with Crippen LogP contribution in [0.5, 0.6) is 0 Å². The van der Waals surface area contributed by atoms with Crippen molar-refractivity contribution in [1.82, 2.24) is 10.2 Å². The summed E-state index contributed by atoms with van der Waals surface area (Å²) in [6.45, 7) is 5.11. The third kappa shape index (κ3) is 5.74. The number of anilines is 2. The van der Waals surface area contributed by atoms with E-state index >= 15 is 0 Å². The van der Waals surface area contributed by atoms with Crippen LogP contribution in [-0.4, -0.2) is 60.3 Å². The van der Waals surface area contributed by atoms with Crippen molar-refractivity contribution >= 4 is 23.4 Å². The summed E-state index contributed by atoms with van der Waals surface area (Å²) >= 11 is 0. The second-order valence-electron chi connectivity index (χ2n) is 9.22. The Kier molecular flexibility index (Phi) is 6.75. The zero-order valence-corrected chi connectivity index (χ0v) is 18.1. The molecule has 0 spiro atoms. The van der Waals surface area contributed by atoms with Crippen LogP contribution in [0.3, 0.4) is 0 Å². The molecule has 4 atom stereocenters. The summed E-state index contributed by atoms with van der Waals surface area (Å²) in [6, 6.07) is 0.477. The first-order valence-corrected chi connectivity index (χ1v) is 10.4. The molecule has 32 heavy (non-hydrogen) atoms. The van der Waals surface area contributed by atoms with Crippen LogP contribution in [0, 0.1) is 11.7 Å². The number of ether oxygens (including phenoxy) is 1. The van der Waals surface area contributed by atoms with E-state index in [0.29, 0.717) is 0 Å². The predicted molar refractivity (Wildman–Crippen MR) is 111 cm³/mol. The largest absolute Gasteiger partial charge is 0.444 e. The number of nitrogen functional groups attached to an aromatic ring is 1. The highest BCUT2D eigenvalue weighted by Gasteiger charge is 2.44. The van der Waals surface area contributed by atoms with Gasteiger partial charge in [-0.3, -0.25) is 4.79 Å². The Bertz CT molecular complexity index is 877. The lowest BCUT2D eigenvalue weighted by atomic mass is 10.0. The van der Waals surface area contributed by atoms with Crippen LogP contribution < -0.4 is 16.4 Å². The fourth-order valence-electron chi connectivity index (χ4n) is 3.55. The van der Waals surface area contributed by atoms with Crippen LogP contribution in [0.4, 0.5) is 33.7 Å². The summed E-state index contributed by atoms with van der Waals surface area (Å²) in [6.07, 6.45) is -4.30. The van der Waals surface area contributed by atoms with Gasteiger partial charge in [-0.05, 0) is 45.7 Å². The van der Waals surface area contributed by atoms with Gasteiger partial charge in [0.2, 0.25) is 6.43 Å². The average molecular weight is 460 g/mol. The maximum atomic E-state index is 14.6. The van der Waals surface area contributed by atoms with E-state index in [1.165, 1.54) is 4.90 Å². The smallest absolute Gasteiger partial charge is 0.410 e. The molecule has 1 saturated heterocycles. The lowest BCUT2D eigenvalue weighted by molar-refractivity contribution is 0.0112. The number of likely N-dealkylation sites (tertiary alicyclic amines) is 1. The van der Waals surface area contributed by atoms with E-state index in [2.05, 4.69) is 10.6 Å². The Morgan fingerprint density at radius 2 is 1.94 bits per heavy atom. The van der Waals surface area contributed by atoms with E-state index in [4.69, 9.17) is 10.5 Å². The molecule has 3 rings (SSSR count). The highest BCUT2D eigenvalue weighted by atomic mass is 19.3. The molecule has 1 saturated carbocycles. The molecule has 2 fully saturated rings. The van der Waals surface area contributed by atoms with Crippen molar-refractivity contribution in [3.8, 4) is 0 Å². The summed E-state index contributed by atoms with van der Waals surface area (Å²) in [4.78, 5) is 26.1. The third-order valence-corrected chi connectivity index (χ3v) is 5.38. The average Bonchev–Trinajstić information content (AvgIpc) is 3.44. The minimum Gasteiger partial charge on any atom is -0.444 e. The number of nitrogens with two attached hydrogens (primary N) is 1. The summed E-state index contributed by atoms with van der Waals surface area (Å²) in [5.74, 6) is -2.64. The molecule has 0 unspecified atom stereocenters.